The molecule has 0 saturated carbocycles. The highest BCUT2D eigenvalue weighted by molar-refractivity contribution is 5.18. The molecule has 1 saturated heterocycles. The number of rotatable bonds is 5. The largest absolute Gasteiger partial charge is 0.324 e. The molecule has 1 aliphatic rings. The van der Waals surface area contributed by atoms with Crippen molar-refractivity contribution in [1.29, 1.82) is 0 Å². The lowest BCUT2D eigenvalue weighted by atomic mass is 9.98. The zero-order valence-corrected chi connectivity index (χ0v) is 11.5. The quantitative estimate of drug-likeness (QED) is 0.864. The number of nitrogens with zero attached hydrogens (tertiary/aromatic N) is 1. The van der Waals surface area contributed by atoms with Crippen LogP contribution in [0.15, 0.2) is 30.3 Å². The van der Waals surface area contributed by atoms with E-state index in [9.17, 15) is 0 Å². The summed E-state index contributed by atoms with van der Waals surface area (Å²) in [6.07, 6.45) is 5.04. The van der Waals surface area contributed by atoms with Crippen molar-refractivity contribution in [3.8, 4) is 0 Å². The first-order valence-corrected chi connectivity index (χ1v) is 7.28. The van der Waals surface area contributed by atoms with Gasteiger partial charge in [-0.05, 0) is 56.8 Å². The first-order valence-electron chi connectivity index (χ1n) is 7.28. The summed E-state index contributed by atoms with van der Waals surface area (Å²) >= 11 is 0. The maximum absolute atomic E-state index is 6.21. The molecule has 0 amide bonds. The second-order valence-corrected chi connectivity index (χ2v) is 5.68. The molecule has 1 fully saturated rings. The van der Waals surface area contributed by atoms with E-state index in [-0.39, 0.29) is 6.04 Å². The molecular formula is C16H26N2. The Labute approximate surface area is 111 Å². The van der Waals surface area contributed by atoms with Crippen LogP contribution in [0.5, 0.6) is 0 Å². The topological polar surface area (TPSA) is 29.3 Å². The summed E-state index contributed by atoms with van der Waals surface area (Å²) in [5.41, 5.74) is 7.48. The summed E-state index contributed by atoms with van der Waals surface area (Å²) in [6.45, 7) is 6.14. The Balaban J connectivity index is 1.66. The normalized spacial score (nSPS) is 19.9. The van der Waals surface area contributed by atoms with Crippen molar-refractivity contribution in [1.82, 2.24) is 4.90 Å². The van der Waals surface area contributed by atoms with Gasteiger partial charge < -0.3 is 10.6 Å². The van der Waals surface area contributed by atoms with Crippen LogP contribution in [0.3, 0.4) is 0 Å². The van der Waals surface area contributed by atoms with E-state index < -0.39 is 0 Å². The van der Waals surface area contributed by atoms with Gasteiger partial charge in [0.05, 0.1) is 0 Å². The third kappa shape index (κ3) is 4.11. The zero-order chi connectivity index (χ0) is 12.8. The Kier molecular flexibility index (Phi) is 5.21. The molecule has 0 spiro atoms. The molecule has 0 aliphatic carbocycles. The summed E-state index contributed by atoms with van der Waals surface area (Å²) in [6, 6.07) is 10.7. The van der Waals surface area contributed by atoms with Crippen LogP contribution in [0, 0.1) is 5.92 Å². The van der Waals surface area contributed by atoms with E-state index in [0.717, 1.165) is 12.3 Å². The fourth-order valence-corrected chi connectivity index (χ4v) is 2.69. The van der Waals surface area contributed by atoms with E-state index in [4.69, 9.17) is 5.73 Å². The van der Waals surface area contributed by atoms with Crippen molar-refractivity contribution in [2.24, 2.45) is 11.7 Å². The fourth-order valence-electron chi connectivity index (χ4n) is 2.69. The molecule has 1 aliphatic heterocycles. The predicted octanol–water partition coefficient (Wildman–Crippen LogP) is 3.20. The molecule has 2 heteroatoms. The summed E-state index contributed by atoms with van der Waals surface area (Å²) in [5, 5.41) is 0. The van der Waals surface area contributed by atoms with Crippen LogP contribution < -0.4 is 5.73 Å². The summed E-state index contributed by atoms with van der Waals surface area (Å²) in [7, 11) is 0. The SMILES string of the molecule is CC1CCN(CCCC(N)c2ccccc2)CC1. The number of hydrogen-bond acceptors (Lipinski definition) is 2. The van der Waals surface area contributed by atoms with Gasteiger partial charge in [0.1, 0.15) is 0 Å². The van der Waals surface area contributed by atoms with Crippen molar-refractivity contribution in [2.75, 3.05) is 19.6 Å². The summed E-state index contributed by atoms with van der Waals surface area (Å²) in [4.78, 5) is 2.59. The fraction of sp³-hybridized carbons (Fsp3) is 0.625. The van der Waals surface area contributed by atoms with Gasteiger partial charge in [-0.3, -0.25) is 0 Å². The van der Waals surface area contributed by atoms with Crippen LogP contribution >= 0.6 is 0 Å². The molecule has 1 aromatic carbocycles. The van der Waals surface area contributed by atoms with Crippen LogP contribution in [-0.4, -0.2) is 24.5 Å². The van der Waals surface area contributed by atoms with Gasteiger partial charge in [0.25, 0.3) is 0 Å². The number of piperidine rings is 1. The molecule has 1 heterocycles. The molecule has 1 unspecified atom stereocenters. The lowest BCUT2D eigenvalue weighted by Crippen LogP contribution is -2.33. The van der Waals surface area contributed by atoms with Gasteiger partial charge in [0.2, 0.25) is 0 Å². The van der Waals surface area contributed by atoms with E-state index in [2.05, 4.69) is 36.1 Å². The highest BCUT2D eigenvalue weighted by atomic mass is 15.1. The maximum atomic E-state index is 6.21. The molecule has 1 atom stereocenters. The third-order valence-corrected chi connectivity index (χ3v) is 4.09. The maximum Gasteiger partial charge on any atom is 0.0295 e. The number of likely N-dealkylation sites (tertiary alicyclic amines) is 1. The van der Waals surface area contributed by atoms with Crippen LogP contribution in [-0.2, 0) is 0 Å². The molecule has 100 valence electrons. The van der Waals surface area contributed by atoms with E-state index >= 15 is 0 Å². The smallest absolute Gasteiger partial charge is 0.0295 e. The van der Waals surface area contributed by atoms with Crippen LogP contribution in [0.1, 0.15) is 44.2 Å². The van der Waals surface area contributed by atoms with Gasteiger partial charge in [-0.2, -0.15) is 0 Å². The first kappa shape index (κ1) is 13.6. The minimum atomic E-state index is 0.204. The van der Waals surface area contributed by atoms with E-state index in [1.807, 2.05) is 6.07 Å². The van der Waals surface area contributed by atoms with Crippen LogP contribution in [0.2, 0.25) is 0 Å². The number of hydrogen-bond donors (Lipinski definition) is 1. The Hall–Kier alpha value is -0.860. The Morgan fingerprint density at radius 2 is 1.89 bits per heavy atom. The van der Waals surface area contributed by atoms with Gasteiger partial charge in [-0.25, -0.2) is 0 Å². The Morgan fingerprint density at radius 3 is 2.56 bits per heavy atom. The lowest BCUT2D eigenvalue weighted by molar-refractivity contribution is 0.188. The molecule has 2 nitrogen and oxygen atoms in total. The molecule has 2 rings (SSSR count). The standard InChI is InChI=1S/C16H26N2/c1-14-9-12-18(13-10-14)11-5-8-16(17)15-6-3-2-4-7-15/h2-4,6-7,14,16H,5,8-13,17H2,1H3. The van der Waals surface area contributed by atoms with Gasteiger partial charge in [0, 0.05) is 6.04 Å². The molecule has 2 N–H and O–H groups in total. The average molecular weight is 246 g/mol. The zero-order valence-electron chi connectivity index (χ0n) is 11.5. The van der Waals surface area contributed by atoms with Gasteiger partial charge >= 0.3 is 0 Å². The van der Waals surface area contributed by atoms with Crippen molar-refractivity contribution < 1.29 is 0 Å². The van der Waals surface area contributed by atoms with Gasteiger partial charge in [-0.1, -0.05) is 37.3 Å². The number of nitrogens with two attached hydrogens (primary N) is 1. The van der Waals surface area contributed by atoms with E-state index in [0.29, 0.717) is 0 Å². The van der Waals surface area contributed by atoms with Crippen molar-refractivity contribution in [2.45, 2.75) is 38.6 Å². The number of benzene rings is 1. The Bertz CT molecular complexity index is 328. The second-order valence-electron chi connectivity index (χ2n) is 5.68. The Morgan fingerprint density at radius 1 is 1.22 bits per heavy atom. The van der Waals surface area contributed by atoms with Crippen LogP contribution in [0.4, 0.5) is 0 Å². The van der Waals surface area contributed by atoms with Crippen molar-refractivity contribution >= 4 is 0 Å². The van der Waals surface area contributed by atoms with E-state index in [1.54, 1.807) is 0 Å². The highest BCUT2D eigenvalue weighted by Gasteiger charge is 2.15. The molecule has 0 bridgehead atoms. The second kappa shape index (κ2) is 6.91. The molecule has 18 heavy (non-hydrogen) atoms. The minimum Gasteiger partial charge on any atom is -0.324 e. The third-order valence-electron chi connectivity index (χ3n) is 4.09. The van der Waals surface area contributed by atoms with E-state index in [1.165, 1.54) is 44.5 Å². The summed E-state index contributed by atoms with van der Waals surface area (Å²) < 4.78 is 0. The van der Waals surface area contributed by atoms with Crippen molar-refractivity contribution in [3.05, 3.63) is 35.9 Å². The van der Waals surface area contributed by atoms with Crippen LogP contribution in [0.25, 0.3) is 0 Å². The minimum absolute atomic E-state index is 0.204. The average Bonchev–Trinajstić information content (AvgIpc) is 2.42. The van der Waals surface area contributed by atoms with Gasteiger partial charge in [-0.15, -0.1) is 0 Å². The molecule has 0 radical (unpaired) electrons. The molecule has 0 aromatic heterocycles. The predicted molar refractivity (Wildman–Crippen MR) is 77.4 cm³/mol. The van der Waals surface area contributed by atoms with Gasteiger partial charge in [0.15, 0.2) is 0 Å². The van der Waals surface area contributed by atoms with Crippen molar-refractivity contribution in [3.63, 3.8) is 0 Å². The molecule has 1 aromatic rings. The lowest BCUT2D eigenvalue weighted by Gasteiger charge is -2.30. The molecular weight excluding hydrogens is 220 g/mol. The summed E-state index contributed by atoms with van der Waals surface area (Å²) in [5.74, 6) is 0.924. The monoisotopic (exact) mass is 246 g/mol. The highest BCUT2D eigenvalue weighted by Crippen LogP contribution is 2.18. The first-order chi connectivity index (χ1) is 8.75.